The highest BCUT2D eigenvalue weighted by Crippen LogP contribution is 2.07. The van der Waals surface area contributed by atoms with Crippen molar-refractivity contribution >= 4 is 11.6 Å². The fraction of sp³-hybridized carbons (Fsp3) is 0.455. The van der Waals surface area contributed by atoms with Gasteiger partial charge in [0.15, 0.2) is 5.82 Å². The first-order chi connectivity index (χ1) is 8.78. The summed E-state index contributed by atoms with van der Waals surface area (Å²) in [6.07, 6.45) is 4.00. The summed E-state index contributed by atoms with van der Waals surface area (Å²) >= 11 is 0. The molecule has 2 heterocycles. The molecule has 2 N–H and O–H groups in total. The molecule has 0 saturated carbocycles. The molecule has 0 aliphatic carbocycles. The minimum Gasteiger partial charge on any atom is -0.370 e. The Morgan fingerprint density at radius 1 is 1.17 bits per heavy atom. The van der Waals surface area contributed by atoms with Gasteiger partial charge in [-0.15, -0.1) is 0 Å². The Kier molecular flexibility index (Phi) is 4.06. The normalized spacial score (nSPS) is 10.3. The molecule has 0 bridgehead atoms. The quantitative estimate of drug-likeness (QED) is 0.781. The van der Waals surface area contributed by atoms with Crippen molar-refractivity contribution in [2.24, 2.45) is 7.05 Å². The molecule has 0 radical (unpaired) electrons. The number of aryl methyl sites for hydroxylation is 1. The van der Waals surface area contributed by atoms with Crippen LogP contribution in [0.15, 0.2) is 18.7 Å². The van der Waals surface area contributed by atoms with E-state index in [1.807, 2.05) is 20.0 Å². The summed E-state index contributed by atoms with van der Waals surface area (Å²) in [6, 6.07) is 1.88. The fourth-order valence-corrected chi connectivity index (χ4v) is 1.53. The van der Waals surface area contributed by atoms with Crippen molar-refractivity contribution in [2.45, 2.75) is 13.3 Å². The van der Waals surface area contributed by atoms with E-state index in [9.17, 15) is 0 Å². The van der Waals surface area contributed by atoms with Crippen molar-refractivity contribution in [1.29, 1.82) is 0 Å². The van der Waals surface area contributed by atoms with Crippen molar-refractivity contribution in [3.05, 3.63) is 24.5 Å². The number of hydrogen-bond donors (Lipinski definition) is 2. The van der Waals surface area contributed by atoms with E-state index < -0.39 is 0 Å². The van der Waals surface area contributed by atoms with Gasteiger partial charge in [0.1, 0.15) is 24.3 Å². The maximum absolute atomic E-state index is 4.21. The van der Waals surface area contributed by atoms with Gasteiger partial charge in [0, 0.05) is 32.6 Å². The first kappa shape index (κ1) is 12.3. The molecule has 0 atom stereocenters. The molecule has 7 heteroatoms. The van der Waals surface area contributed by atoms with E-state index in [-0.39, 0.29) is 0 Å². The van der Waals surface area contributed by atoms with Gasteiger partial charge in [0.2, 0.25) is 0 Å². The Morgan fingerprint density at radius 3 is 2.61 bits per heavy atom. The SMILES string of the molecule is CCNc1cc(NCCc2ncn(C)n2)ncn1. The molecule has 0 spiro atoms. The zero-order valence-electron chi connectivity index (χ0n) is 10.6. The molecule has 0 unspecified atom stereocenters. The van der Waals surface area contributed by atoms with Crippen LogP contribution in [0.4, 0.5) is 11.6 Å². The highest BCUT2D eigenvalue weighted by Gasteiger charge is 2.00. The number of hydrogen-bond acceptors (Lipinski definition) is 6. The standard InChI is InChI=1S/C11H17N7/c1-3-12-10-6-11(15-7-14-10)13-5-4-9-16-8-18(2)17-9/h6-8H,3-5H2,1-2H3,(H2,12,13,14,15). The molecule has 18 heavy (non-hydrogen) atoms. The molecule has 0 aliphatic heterocycles. The minimum absolute atomic E-state index is 0.743. The van der Waals surface area contributed by atoms with Crippen LogP contribution in [-0.2, 0) is 13.5 Å². The van der Waals surface area contributed by atoms with E-state index in [1.165, 1.54) is 0 Å². The van der Waals surface area contributed by atoms with Gasteiger partial charge in [-0.25, -0.2) is 15.0 Å². The molecule has 0 fully saturated rings. The minimum atomic E-state index is 0.743. The third-order valence-electron chi connectivity index (χ3n) is 2.33. The summed E-state index contributed by atoms with van der Waals surface area (Å²) in [7, 11) is 1.86. The van der Waals surface area contributed by atoms with E-state index in [0.29, 0.717) is 0 Å². The van der Waals surface area contributed by atoms with E-state index in [2.05, 4.69) is 30.7 Å². The Bertz CT molecular complexity index is 494. The predicted octanol–water partition coefficient (Wildman–Crippen LogP) is 0.691. The highest BCUT2D eigenvalue weighted by molar-refractivity contribution is 5.46. The van der Waals surface area contributed by atoms with Crippen molar-refractivity contribution in [1.82, 2.24) is 24.7 Å². The molecule has 0 amide bonds. The highest BCUT2D eigenvalue weighted by atomic mass is 15.3. The second-order valence-electron chi connectivity index (χ2n) is 3.83. The van der Waals surface area contributed by atoms with E-state index >= 15 is 0 Å². The van der Waals surface area contributed by atoms with Gasteiger partial charge in [-0.1, -0.05) is 0 Å². The molecule has 2 aromatic heterocycles. The molecule has 7 nitrogen and oxygen atoms in total. The van der Waals surface area contributed by atoms with Gasteiger partial charge in [-0.2, -0.15) is 5.10 Å². The van der Waals surface area contributed by atoms with Gasteiger partial charge in [-0.05, 0) is 6.92 Å². The van der Waals surface area contributed by atoms with Crippen LogP contribution in [-0.4, -0.2) is 37.8 Å². The first-order valence-electron chi connectivity index (χ1n) is 5.92. The Balaban J connectivity index is 1.84. The van der Waals surface area contributed by atoms with Gasteiger partial charge in [0.05, 0.1) is 0 Å². The summed E-state index contributed by atoms with van der Waals surface area (Å²) in [4.78, 5) is 12.4. The van der Waals surface area contributed by atoms with Crippen molar-refractivity contribution in [2.75, 3.05) is 23.7 Å². The zero-order valence-corrected chi connectivity index (χ0v) is 10.6. The number of aromatic nitrogens is 5. The average Bonchev–Trinajstić information content (AvgIpc) is 2.76. The van der Waals surface area contributed by atoms with Crippen LogP contribution in [0.3, 0.4) is 0 Å². The summed E-state index contributed by atoms with van der Waals surface area (Å²) in [5.41, 5.74) is 0. The van der Waals surface area contributed by atoms with Gasteiger partial charge < -0.3 is 10.6 Å². The van der Waals surface area contributed by atoms with Crippen LogP contribution < -0.4 is 10.6 Å². The molecule has 0 aliphatic rings. The lowest BCUT2D eigenvalue weighted by atomic mass is 10.4. The maximum Gasteiger partial charge on any atom is 0.152 e. The van der Waals surface area contributed by atoms with Gasteiger partial charge in [-0.3, -0.25) is 4.68 Å². The lowest BCUT2D eigenvalue weighted by molar-refractivity contribution is 0.741. The summed E-state index contributed by atoms with van der Waals surface area (Å²) < 4.78 is 1.70. The van der Waals surface area contributed by atoms with Crippen molar-refractivity contribution < 1.29 is 0 Å². The lowest BCUT2D eigenvalue weighted by Crippen LogP contribution is -2.09. The Morgan fingerprint density at radius 2 is 1.94 bits per heavy atom. The van der Waals surface area contributed by atoms with E-state index in [4.69, 9.17) is 0 Å². The maximum atomic E-state index is 4.21. The molecule has 96 valence electrons. The molecular weight excluding hydrogens is 230 g/mol. The molecule has 2 rings (SSSR count). The fourth-order valence-electron chi connectivity index (χ4n) is 1.53. The van der Waals surface area contributed by atoms with Crippen LogP contribution >= 0.6 is 0 Å². The Labute approximate surface area is 106 Å². The van der Waals surface area contributed by atoms with Crippen LogP contribution in [0, 0.1) is 0 Å². The van der Waals surface area contributed by atoms with Crippen LogP contribution in [0.1, 0.15) is 12.7 Å². The van der Waals surface area contributed by atoms with Crippen LogP contribution in [0.25, 0.3) is 0 Å². The van der Waals surface area contributed by atoms with E-state index in [1.54, 1.807) is 17.3 Å². The number of anilines is 2. The molecule has 0 aromatic carbocycles. The molecule has 0 saturated heterocycles. The largest absolute Gasteiger partial charge is 0.370 e. The smallest absolute Gasteiger partial charge is 0.152 e. The van der Waals surface area contributed by atoms with Gasteiger partial charge in [0.25, 0.3) is 0 Å². The van der Waals surface area contributed by atoms with E-state index in [0.717, 1.165) is 37.0 Å². The van der Waals surface area contributed by atoms with Gasteiger partial charge >= 0.3 is 0 Å². The Hall–Kier alpha value is -2.18. The summed E-state index contributed by atoms with van der Waals surface area (Å²) in [6.45, 7) is 3.61. The first-order valence-corrected chi connectivity index (χ1v) is 5.92. The third kappa shape index (κ3) is 3.41. The number of nitrogens with one attached hydrogen (secondary N) is 2. The lowest BCUT2D eigenvalue weighted by Gasteiger charge is -2.06. The van der Waals surface area contributed by atoms with Crippen molar-refractivity contribution in [3.8, 4) is 0 Å². The number of nitrogens with zero attached hydrogens (tertiary/aromatic N) is 5. The number of rotatable bonds is 6. The van der Waals surface area contributed by atoms with Crippen LogP contribution in [0.5, 0.6) is 0 Å². The average molecular weight is 247 g/mol. The summed E-state index contributed by atoms with van der Waals surface area (Å²) in [5, 5.41) is 10.6. The monoisotopic (exact) mass is 247 g/mol. The third-order valence-corrected chi connectivity index (χ3v) is 2.33. The zero-order chi connectivity index (χ0) is 12.8. The summed E-state index contributed by atoms with van der Waals surface area (Å²) in [5.74, 6) is 2.45. The molecular formula is C11H17N7. The predicted molar refractivity (Wildman–Crippen MR) is 69.4 cm³/mol. The topological polar surface area (TPSA) is 80.5 Å². The second kappa shape index (κ2) is 5.95. The van der Waals surface area contributed by atoms with Crippen LogP contribution in [0.2, 0.25) is 0 Å². The molecule has 2 aromatic rings. The second-order valence-corrected chi connectivity index (χ2v) is 3.83. The van der Waals surface area contributed by atoms with Crippen molar-refractivity contribution in [3.63, 3.8) is 0 Å².